The fraction of sp³-hybridized carbons (Fsp3) is 0.231. The van der Waals surface area contributed by atoms with Crippen molar-refractivity contribution in [2.75, 3.05) is 7.05 Å². The van der Waals surface area contributed by atoms with E-state index in [-0.39, 0.29) is 0 Å². The third-order valence-electron chi connectivity index (χ3n) is 2.15. The van der Waals surface area contributed by atoms with Crippen molar-refractivity contribution in [2.45, 2.75) is 6.92 Å². The second-order valence-corrected chi connectivity index (χ2v) is 3.39. The molecule has 17 heavy (non-hydrogen) atoms. The smallest absolute Gasteiger partial charge is 0.168 e. The molecule has 0 amide bonds. The quantitative estimate of drug-likeness (QED) is 0.630. The van der Waals surface area contributed by atoms with Crippen LogP contribution in [-0.4, -0.2) is 16.8 Å². The highest BCUT2D eigenvalue weighted by Gasteiger charge is 1.99. The van der Waals surface area contributed by atoms with Crippen LogP contribution < -0.4 is 10.9 Å². The van der Waals surface area contributed by atoms with Gasteiger partial charge >= 0.3 is 0 Å². The average molecular weight is 230 g/mol. The van der Waals surface area contributed by atoms with Gasteiger partial charge in [-0.15, -0.1) is 0 Å². The minimum atomic E-state index is 0.773. The van der Waals surface area contributed by atoms with E-state index in [4.69, 9.17) is 0 Å². The van der Waals surface area contributed by atoms with E-state index in [0.717, 1.165) is 16.8 Å². The molecule has 1 rings (SSSR count). The Morgan fingerprint density at radius 3 is 2.82 bits per heavy atom. The van der Waals surface area contributed by atoms with Gasteiger partial charge in [0.1, 0.15) is 0 Å². The van der Waals surface area contributed by atoms with Crippen LogP contribution in [0.4, 0.5) is 0 Å². The van der Waals surface area contributed by atoms with Gasteiger partial charge in [0.05, 0.1) is 5.69 Å². The summed E-state index contributed by atoms with van der Waals surface area (Å²) in [6.45, 7) is 5.68. The van der Waals surface area contributed by atoms with E-state index in [1.54, 1.807) is 17.8 Å². The molecule has 0 aliphatic carbocycles. The molecule has 0 aliphatic heterocycles. The summed E-state index contributed by atoms with van der Waals surface area (Å²) in [5.74, 6) is 0. The minimum absolute atomic E-state index is 0.773. The second kappa shape index (κ2) is 6.48. The van der Waals surface area contributed by atoms with E-state index in [1.807, 2.05) is 44.3 Å². The summed E-state index contributed by atoms with van der Waals surface area (Å²) in [4.78, 5) is 0. The van der Waals surface area contributed by atoms with Crippen LogP contribution in [-0.2, 0) is 7.05 Å². The molecular formula is C13H18N4. The molecule has 1 N–H and O–H groups in total. The molecule has 0 saturated carbocycles. The van der Waals surface area contributed by atoms with Crippen molar-refractivity contribution in [2.24, 2.45) is 12.1 Å². The Morgan fingerprint density at radius 2 is 2.29 bits per heavy atom. The van der Waals surface area contributed by atoms with Gasteiger partial charge in [-0.1, -0.05) is 30.9 Å². The summed E-state index contributed by atoms with van der Waals surface area (Å²) in [6.07, 6.45) is 7.65. The summed E-state index contributed by atoms with van der Waals surface area (Å²) < 4.78 is 1.73. The lowest BCUT2D eigenvalue weighted by molar-refractivity contribution is 0.658. The van der Waals surface area contributed by atoms with Crippen molar-refractivity contribution in [3.05, 3.63) is 54.2 Å². The van der Waals surface area contributed by atoms with Crippen molar-refractivity contribution in [3.63, 3.8) is 0 Å². The molecule has 0 bridgehead atoms. The third kappa shape index (κ3) is 3.45. The lowest BCUT2D eigenvalue weighted by atomic mass is 10.1. The fourth-order valence-corrected chi connectivity index (χ4v) is 1.42. The molecule has 0 fully saturated rings. The standard InChI is InChI=1S/C13H18N4/c1-5-7-11(8-6-2)12-9-10-13(15-14-3)17(4)16-12/h5-10,14H,1H2,2-4H3/b8-6-,11-7+,15-13-. The Bertz CT molecular complexity index is 506. The molecular weight excluding hydrogens is 212 g/mol. The predicted octanol–water partition coefficient (Wildman–Crippen LogP) is 1.60. The van der Waals surface area contributed by atoms with Gasteiger partial charge in [0.15, 0.2) is 5.49 Å². The third-order valence-corrected chi connectivity index (χ3v) is 2.15. The van der Waals surface area contributed by atoms with Crippen molar-refractivity contribution in [3.8, 4) is 0 Å². The van der Waals surface area contributed by atoms with Gasteiger partial charge in [-0.05, 0) is 19.1 Å². The number of nitrogens with zero attached hydrogens (tertiary/aromatic N) is 3. The van der Waals surface area contributed by atoms with E-state index in [1.165, 1.54) is 0 Å². The molecule has 4 nitrogen and oxygen atoms in total. The highest BCUT2D eigenvalue weighted by molar-refractivity contribution is 5.72. The SMILES string of the molecule is C=C/C=C(\C=C/C)c1cc/c(=N/NC)n(C)n1. The number of hydrogen-bond donors (Lipinski definition) is 1. The first-order valence-electron chi connectivity index (χ1n) is 5.43. The number of aryl methyl sites for hydroxylation is 1. The van der Waals surface area contributed by atoms with Gasteiger partial charge in [-0.3, -0.25) is 0 Å². The van der Waals surface area contributed by atoms with Gasteiger partial charge in [0.2, 0.25) is 0 Å². The van der Waals surface area contributed by atoms with Gasteiger partial charge in [0, 0.05) is 19.7 Å². The maximum Gasteiger partial charge on any atom is 0.168 e. The summed E-state index contributed by atoms with van der Waals surface area (Å²) in [5, 5.41) is 8.54. The zero-order chi connectivity index (χ0) is 12.7. The van der Waals surface area contributed by atoms with E-state index >= 15 is 0 Å². The Labute approximate surface area is 102 Å². The molecule has 0 radical (unpaired) electrons. The summed E-state index contributed by atoms with van der Waals surface area (Å²) >= 11 is 0. The number of rotatable bonds is 4. The van der Waals surface area contributed by atoms with Crippen LogP contribution >= 0.6 is 0 Å². The first kappa shape index (κ1) is 13.0. The van der Waals surface area contributed by atoms with Gasteiger partial charge in [-0.25, -0.2) is 4.68 Å². The molecule has 0 aromatic carbocycles. The van der Waals surface area contributed by atoms with Crippen molar-refractivity contribution in [1.29, 1.82) is 0 Å². The van der Waals surface area contributed by atoms with Crippen LogP contribution in [0.2, 0.25) is 0 Å². The summed E-state index contributed by atoms with van der Waals surface area (Å²) in [7, 11) is 3.62. The molecule has 0 unspecified atom stereocenters. The van der Waals surface area contributed by atoms with Crippen LogP contribution in [0.3, 0.4) is 0 Å². The Kier molecular flexibility index (Phi) is 4.94. The van der Waals surface area contributed by atoms with Gasteiger partial charge < -0.3 is 5.43 Å². The van der Waals surface area contributed by atoms with Gasteiger partial charge in [0.25, 0.3) is 0 Å². The molecule has 0 atom stereocenters. The molecule has 1 heterocycles. The van der Waals surface area contributed by atoms with Crippen molar-refractivity contribution < 1.29 is 0 Å². The van der Waals surface area contributed by atoms with E-state index in [0.29, 0.717) is 0 Å². The maximum absolute atomic E-state index is 4.44. The van der Waals surface area contributed by atoms with Crippen LogP contribution in [0.15, 0.2) is 48.1 Å². The summed E-state index contributed by atoms with van der Waals surface area (Å²) in [5.41, 5.74) is 5.43. The molecule has 90 valence electrons. The van der Waals surface area contributed by atoms with Crippen LogP contribution in [0.1, 0.15) is 12.6 Å². The molecule has 1 aromatic heterocycles. The zero-order valence-electron chi connectivity index (χ0n) is 10.5. The van der Waals surface area contributed by atoms with E-state index in [2.05, 4.69) is 22.2 Å². The molecule has 0 saturated heterocycles. The first-order valence-corrected chi connectivity index (χ1v) is 5.43. The number of hydrogen-bond acceptors (Lipinski definition) is 3. The largest absolute Gasteiger partial charge is 0.311 e. The van der Waals surface area contributed by atoms with Gasteiger partial charge in [-0.2, -0.15) is 10.2 Å². The predicted molar refractivity (Wildman–Crippen MR) is 70.8 cm³/mol. The zero-order valence-corrected chi connectivity index (χ0v) is 10.5. The topological polar surface area (TPSA) is 42.2 Å². The normalized spacial score (nSPS) is 13.1. The van der Waals surface area contributed by atoms with Crippen molar-refractivity contribution in [1.82, 2.24) is 15.2 Å². The molecule has 1 aromatic rings. The fourth-order valence-electron chi connectivity index (χ4n) is 1.42. The number of aromatic nitrogens is 2. The Morgan fingerprint density at radius 1 is 1.53 bits per heavy atom. The summed E-state index contributed by atoms with van der Waals surface area (Å²) in [6, 6.07) is 3.85. The Hall–Kier alpha value is -2.10. The number of allylic oxidation sites excluding steroid dienone is 5. The highest BCUT2D eigenvalue weighted by atomic mass is 15.3. The molecule has 4 heteroatoms. The maximum atomic E-state index is 4.44. The van der Waals surface area contributed by atoms with Crippen LogP contribution in [0, 0.1) is 0 Å². The lowest BCUT2D eigenvalue weighted by Gasteiger charge is -2.04. The number of nitrogens with one attached hydrogen (secondary N) is 1. The minimum Gasteiger partial charge on any atom is -0.311 e. The first-order chi connectivity index (χ1) is 8.22. The van der Waals surface area contributed by atoms with E-state index in [9.17, 15) is 0 Å². The van der Waals surface area contributed by atoms with Crippen molar-refractivity contribution >= 4 is 5.57 Å². The molecule has 0 aliphatic rings. The second-order valence-electron chi connectivity index (χ2n) is 3.39. The van der Waals surface area contributed by atoms with Crippen LogP contribution in [0.5, 0.6) is 0 Å². The molecule has 0 spiro atoms. The monoisotopic (exact) mass is 230 g/mol. The average Bonchev–Trinajstić information content (AvgIpc) is 2.32. The van der Waals surface area contributed by atoms with Crippen LogP contribution in [0.25, 0.3) is 5.57 Å². The Balaban J connectivity index is 3.24. The highest BCUT2D eigenvalue weighted by Crippen LogP contribution is 2.11. The lowest BCUT2D eigenvalue weighted by Crippen LogP contribution is -2.23. The van der Waals surface area contributed by atoms with E-state index < -0.39 is 0 Å².